The van der Waals surface area contributed by atoms with Crippen molar-refractivity contribution in [2.24, 2.45) is 17.8 Å². The normalized spacial score (nSPS) is 23.4. The molecule has 0 saturated heterocycles. The molecule has 0 heterocycles. The van der Waals surface area contributed by atoms with E-state index in [1.807, 2.05) is 13.8 Å². The van der Waals surface area contributed by atoms with Crippen molar-refractivity contribution in [2.75, 3.05) is 7.05 Å². The first kappa shape index (κ1) is 17.5. The fourth-order valence-corrected chi connectivity index (χ4v) is 2.90. The topological polar surface area (TPSA) is 95.5 Å². The molecule has 3 atom stereocenters. The van der Waals surface area contributed by atoms with Crippen molar-refractivity contribution in [1.82, 2.24) is 10.6 Å². The summed E-state index contributed by atoms with van der Waals surface area (Å²) in [5.74, 6) is -2.38. The molecule has 0 aliphatic heterocycles. The fraction of sp³-hybridized carbons (Fsp3) is 0.800. The van der Waals surface area contributed by atoms with Crippen LogP contribution in [0.5, 0.6) is 0 Å². The molecule has 1 aliphatic rings. The molecule has 0 bridgehead atoms. The summed E-state index contributed by atoms with van der Waals surface area (Å²) in [5, 5.41) is 14.5. The van der Waals surface area contributed by atoms with Crippen molar-refractivity contribution in [3.63, 3.8) is 0 Å². The van der Waals surface area contributed by atoms with Crippen molar-refractivity contribution in [3.8, 4) is 0 Å². The van der Waals surface area contributed by atoms with E-state index in [-0.39, 0.29) is 17.7 Å². The Morgan fingerprint density at radius 3 is 2.19 bits per heavy atom. The quantitative estimate of drug-likeness (QED) is 0.685. The lowest BCUT2D eigenvalue weighted by Crippen LogP contribution is -2.50. The Morgan fingerprint density at radius 2 is 1.71 bits per heavy atom. The summed E-state index contributed by atoms with van der Waals surface area (Å²) < 4.78 is 0. The van der Waals surface area contributed by atoms with Gasteiger partial charge in [-0.2, -0.15) is 0 Å². The molecule has 1 saturated carbocycles. The second-order valence-electron chi connectivity index (χ2n) is 6.14. The number of amides is 2. The summed E-state index contributed by atoms with van der Waals surface area (Å²) in [6.07, 6.45) is 3.34. The Hall–Kier alpha value is -1.59. The molecule has 0 aromatic rings. The summed E-state index contributed by atoms with van der Waals surface area (Å²) in [6.45, 7) is 3.95. The molecule has 3 unspecified atom stereocenters. The summed E-state index contributed by atoms with van der Waals surface area (Å²) in [7, 11) is 1.53. The largest absolute Gasteiger partial charge is 0.481 e. The van der Waals surface area contributed by atoms with E-state index < -0.39 is 23.8 Å². The van der Waals surface area contributed by atoms with Crippen LogP contribution in [0, 0.1) is 17.8 Å². The minimum atomic E-state index is -0.921. The zero-order valence-corrected chi connectivity index (χ0v) is 13.0. The van der Waals surface area contributed by atoms with Gasteiger partial charge in [0, 0.05) is 7.05 Å². The molecule has 0 aromatic heterocycles. The molecule has 0 radical (unpaired) electrons. The minimum absolute atomic E-state index is 0.236. The molecule has 1 aliphatic carbocycles. The average Bonchev–Trinajstić information content (AvgIpc) is 2.45. The first-order valence-corrected chi connectivity index (χ1v) is 7.61. The summed E-state index contributed by atoms with van der Waals surface area (Å²) >= 11 is 0. The highest BCUT2D eigenvalue weighted by molar-refractivity contribution is 5.90. The molecule has 21 heavy (non-hydrogen) atoms. The van der Waals surface area contributed by atoms with Crippen molar-refractivity contribution in [2.45, 2.75) is 52.0 Å². The van der Waals surface area contributed by atoms with Crippen LogP contribution in [-0.2, 0) is 14.4 Å². The van der Waals surface area contributed by atoms with Gasteiger partial charge in [-0.25, -0.2) is 0 Å². The number of rotatable bonds is 6. The first-order chi connectivity index (χ1) is 9.86. The Morgan fingerprint density at radius 1 is 1.14 bits per heavy atom. The Bertz CT molecular complexity index is 395. The van der Waals surface area contributed by atoms with Crippen LogP contribution in [-0.4, -0.2) is 36.0 Å². The molecule has 6 nitrogen and oxygen atoms in total. The number of carbonyl (C=O) groups excluding carboxylic acids is 2. The molecule has 1 rings (SSSR count). The molecule has 0 spiro atoms. The molecule has 6 heteroatoms. The van der Waals surface area contributed by atoms with E-state index in [1.54, 1.807) is 0 Å². The van der Waals surface area contributed by atoms with Crippen molar-refractivity contribution >= 4 is 17.8 Å². The SMILES string of the molecule is CNC(=O)C(CC(C)C)NC(=O)C1CCCCC1C(=O)O. The molecule has 1 fully saturated rings. The molecular formula is C15H26N2O4. The highest BCUT2D eigenvalue weighted by Crippen LogP contribution is 2.30. The van der Waals surface area contributed by atoms with Gasteiger partial charge in [0.2, 0.25) is 11.8 Å². The molecule has 2 amide bonds. The van der Waals surface area contributed by atoms with E-state index in [1.165, 1.54) is 7.05 Å². The van der Waals surface area contributed by atoms with Crippen LogP contribution in [0.3, 0.4) is 0 Å². The number of carboxylic acids is 1. The van der Waals surface area contributed by atoms with E-state index in [9.17, 15) is 19.5 Å². The zero-order chi connectivity index (χ0) is 16.0. The van der Waals surface area contributed by atoms with Crippen LogP contribution in [0.1, 0.15) is 46.0 Å². The summed E-state index contributed by atoms with van der Waals surface area (Å²) in [6, 6.07) is -0.598. The number of nitrogens with one attached hydrogen (secondary N) is 2. The van der Waals surface area contributed by atoms with Crippen LogP contribution in [0.2, 0.25) is 0 Å². The Kier molecular flexibility index (Phi) is 6.65. The average molecular weight is 298 g/mol. The molecule has 120 valence electrons. The van der Waals surface area contributed by atoms with Crippen LogP contribution < -0.4 is 10.6 Å². The van der Waals surface area contributed by atoms with Gasteiger partial charge >= 0.3 is 5.97 Å². The van der Waals surface area contributed by atoms with Crippen LogP contribution >= 0.6 is 0 Å². The Balaban J connectivity index is 2.74. The van der Waals surface area contributed by atoms with E-state index >= 15 is 0 Å². The number of likely N-dealkylation sites (N-methyl/N-ethyl adjacent to an activating group) is 1. The number of aliphatic carboxylic acids is 1. The lowest BCUT2D eigenvalue weighted by Gasteiger charge is -2.29. The second kappa shape index (κ2) is 8.00. The maximum atomic E-state index is 12.4. The standard InChI is InChI=1S/C15H26N2O4/c1-9(2)8-12(14(19)16-3)17-13(18)10-6-4-5-7-11(10)15(20)21/h9-12H,4-8H2,1-3H3,(H,16,19)(H,17,18)(H,20,21). The van der Waals surface area contributed by atoms with Crippen molar-refractivity contribution in [1.29, 1.82) is 0 Å². The van der Waals surface area contributed by atoms with E-state index in [4.69, 9.17) is 0 Å². The predicted molar refractivity (Wildman–Crippen MR) is 78.5 cm³/mol. The molecular weight excluding hydrogens is 272 g/mol. The van der Waals surface area contributed by atoms with Crippen LogP contribution in [0.4, 0.5) is 0 Å². The van der Waals surface area contributed by atoms with Crippen molar-refractivity contribution in [3.05, 3.63) is 0 Å². The third-order valence-electron chi connectivity index (χ3n) is 4.01. The van der Waals surface area contributed by atoms with Crippen LogP contribution in [0.15, 0.2) is 0 Å². The van der Waals surface area contributed by atoms with Gasteiger partial charge in [0.15, 0.2) is 0 Å². The van der Waals surface area contributed by atoms with Crippen LogP contribution in [0.25, 0.3) is 0 Å². The van der Waals surface area contributed by atoms with Gasteiger partial charge in [0.05, 0.1) is 11.8 Å². The van der Waals surface area contributed by atoms with E-state index in [0.717, 1.165) is 12.8 Å². The maximum Gasteiger partial charge on any atom is 0.307 e. The smallest absolute Gasteiger partial charge is 0.307 e. The lowest BCUT2D eigenvalue weighted by atomic mass is 9.78. The second-order valence-corrected chi connectivity index (χ2v) is 6.14. The minimum Gasteiger partial charge on any atom is -0.481 e. The van der Waals surface area contributed by atoms with Crippen molar-refractivity contribution < 1.29 is 19.5 Å². The van der Waals surface area contributed by atoms with E-state index in [2.05, 4.69) is 10.6 Å². The predicted octanol–water partition coefficient (Wildman–Crippen LogP) is 1.15. The fourth-order valence-electron chi connectivity index (χ4n) is 2.90. The van der Waals surface area contributed by atoms with E-state index in [0.29, 0.717) is 19.3 Å². The van der Waals surface area contributed by atoms with Gasteiger partial charge in [-0.1, -0.05) is 26.7 Å². The third kappa shape index (κ3) is 5.02. The third-order valence-corrected chi connectivity index (χ3v) is 4.01. The highest BCUT2D eigenvalue weighted by Gasteiger charge is 2.37. The zero-order valence-electron chi connectivity index (χ0n) is 13.0. The number of hydrogen-bond donors (Lipinski definition) is 3. The lowest BCUT2D eigenvalue weighted by molar-refractivity contribution is -0.149. The monoisotopic (exact) mass is 298 g/mol. The number of carbonyl (C=O) groups is 3. The highest BCUT2D eigenvalue weighted by atomic mass is 16.4. The van der Waals surface area contributed by atoms with Gasteiger partial charge in [-0.3, -0.25) is 14.4 Å². The van der Waals surface area contributed by atoms with Gasteiger partial charge in [0.1, 0.15) is 6.04 Å². The van der Waals surface area contributed by atoms with Gasteiger partial charge in [0.25, 0.3) is 0 Å². The molecule has 0 aromatic carbocycles. The summed E-state index contributed by atoms with van der Waals surface area (Å²) in [5.41, 5.74) is 0. The van der Waals surface area contributed by atoms with Gasteiger partial charge in [-0.05, 0) is 25.2 Å². The Labute approximate surface area is 125 Å². The first-order valence-electron chi connectivity index (χ1n) is 7.61. The van der Waals surface area contributed by atoms with Gasteiger partial charge < -0.3 is 15.7 Å². The maximum absolute atomic E-state index is 12.4. The number of carboxylic acid groups (broad SMARTS) is 1. The summed E-state index contributed by atoms with van der Waals surface area (Å²) in [4.78, 5) is 35.5. The van der Waals surface area contributed by atoms with Gasteiger partial charge in [-0.15, -0.1) is 0 Å². The number of hydrogen-bond acceptors (Lipinski definition) is 3. The molecule has 3 N–H and O–H groups in total.